The fraction of sp³-hybridized carbons (Fsp3) is 0.750. The lowest BCUT2D eigenvalue weighted by Gasteiger charge is -2.32. The van der Waals surface area contributed by atoms with Crippen LogP contribution in [-0.2, 0) is 10.3 Å². The van der Waals surface area contributed by atoms with E-state index in [4.69, 9.17) is 21.3 Å². The van der Waals surface area contributed by atoms with Gasteiger partial charge in [-0.25, -0.2) is 9.97 Å². The Kier molecular flexibility index (Phi) is 6.26. The van der Waals surface area contributed by atoms with E-state index in [1.54, 1.807) is 0 Å². The molecular formula is C16H24ClIN2O. The molecule has 0 amide bonds. The summed E-state index contributed by atoms with van der Waals surface area (Å²) in [5, 5.41) is 0.563. The first-order valence-corrected chi connectivity index (χ1v) is 9.33. The van der Waals surface area contributed by atoms with Crippen LogP contribution < -0.4 is 0 Å². The highest BCUT2D eigenvalue weighted by atomic mass is 127. The van der Waals surface area contributed by atoms with Crippen molar-refractivity contribution in [1.29, 1.82) is 0 Å². The molecule has 118 valence electrons. The molecule has 1 aromatic rings. The van der Waals surface area contributed by atoms with E-state index in [-0.39, 0.29) is 5.60 Å². The van der Waals surface area contributed by atoms with Crippen molar-refractivity contribution < 1.29 is 4.74 Å². The molecule has 1 aromatic heterocycles. The molecule has 3 nitrogen and oxygen atoms in total. The van der Waals surface area contributed by atoms with Gasteiger partial charge in [0, 0.05) is 6.61 Å². The lowest BCUT2D eigenvalue weighted by molar-refractivity contribution is -0.0626. The summed E-state index contributed by atoms with van der Waals surface area (Å²) < 4.78 is 7.15. The SMILES string of the molecule is CCOC1(c2nc(Cl)c(I)c(C(C)C)n2)CCCCCC1. The summed E-state index contributed by atoms with van der Waals surface area (Å²) in [5.41, 5.74) is 0.692. The average molecular weight is 423 g/mol. The lowest BCUT2D eigenvalue weighted by atomic mass is 9.92. The second-order valence-corrected chi connectivity index (χ2v) is 7.47. The Morgan fingerprint density at radius 3 is 2.33 bits per heavy atom. The predicted octanol–water partition coefficient (Wildman–Crippen LogP) is 5.44. The first kappa shape index (κ1) is 17.4. The van der Waals surface area contributed by atoms with Gasteiger partial charge < -0.3 is 4.74 Å². The van der Waals surface area contributed by atoms with Crippen molar-refractivity contribution >= 4 is 34.2 Å². The molecule has 5 heteroatoms. The summed E-state index contributed by atoms with van der Waals surface area (Å²) in [6.45, 7) is 7.02. The smallest absolute Gasteiger partial charge is 0.162 e. The quantitative estimate of drug-likeness (QED) is 0.368. The molecule has 1 fully saturated rings. The summed E-state index contributed by atoms with van der Waals surface area (Å²) in [4.78, 5) is 9.45. The molecular weight excluding hydrogens is 399 g/mol. The third kappa shape index (κ3) is 3.88. The largest absolute Gasteiger partial charge is 0.367 e. The zero-order valence-electron chi connectivity index (χ0n) is 13.1. The molecule has 1 heterocycles. The van der Waals surface area contributed by atoms with Crippen LogP contribution in [0, 0.1) is 3.57 Å². The van der Waals surface area contributed by atoms with Gasteiger partial charge in [-0.1, -0.05) is 51.1 Å². The van der Waals surface area contributed by atoms with Crippen LogP contribution in [0.15, 0.2) is 0 Å². The molecule has 0 bridgehead atoms. The highest BCUT2D eigenvalue weighted by molar-refractivity contribution is 14.1. The predicted molar refractivity (Wildman–Crippen MR) is 94.9 cm³/mol. The van der Waals surface area contributed by atoms with Crippen LogP contribution in [0.4, 0.5) is 0 Å². The first-order chi connectivity index (χ1) is 10.00. The van der Waals surface area contributed by atoms with E-state index in [9.17, 15) is 0 Å². The lowest BCUT2D eigenvalue weighted by Crippen LogP contribution is -2.32. The number of hydrogen-bond donors (Lipinski definition) is 0. The maximum atomic E-state index is 6.37. The Morgan fingerprint density at radius 2 is 1.81 bits per heavy atom. The van der Waals surface area contributed by atoms with Gasteiger partial charge in [0.2, 0.25) is 0 Å². The second kappa shape index (κ2) is 7.55. The normalized spacial score (nSPS) is 18.8. The molecule has 0 spiro atoms. The fourth-order valence-electron chi connectivity index (χ4n) is 3.03. The van der Waals surface area contributed by atoms with Crippen LogP contribution in [0.1, 0.15) is 76.7 Å². The number of ether oxygens (including phenoxy) is 1. The second-order valence-electron chi connectivity index (χ2n) is 6.03. The van der Waals surface area contributed by atoms with E-state index in [0.717, 1.165) is 27.9 Å². The zero-order chi connectivity index (χ0) is 15.5. The standard InChI is InChI=1S/C16H24ClIN2O/c1-4-21-16(9-7-5-6-8-10-16)15-19-13(11(2)3)12(18)14(17)20-15/h11H,4-10H2,1-3H3. The van der Waals surface area contributed by atoms with Gasteiger partial charge in [-0.15, -0.1) is 0 Å². The third-order valence-electron chi connectivity index (χ3n) is 4.12. The minimum absolute atomic E-state index is 0.334. The monoisotopic (exact) mass is 422 g/mol. The number of hydrogen-bond acceptors (Lipinski definition) is 3. The van der Waals surface area contributed by atoms with E-state index < -0.39 is 0 Å². The zero-order valence-corrected chi connectivity index (χ0v) is 16.0. The van der Waals surface area contributed by atoms with Gasteiger partial charge >= 0.3 is 0 Å². The van der Waals surface area contributed by atoms with Gasteiger partial charge in [0.05, 0.1) is 9.26 Å². The molecule has 0 aromatic carbocycles. The van der Waals surface area contributed by atoms with Crippen molar-refractivity contribution in [2.45, 2.75) is 70.8 Å². The Labute approximate surface area is 146 Å². The van der Waals surface area contributed by atoms with Crippen molar-refractivity contribution in [3.05, 3.63) is 20.2 Å². The Bertz CT molecular complexity index is 485. The minimum Gasteiger partial charge on any atom is -0.367 e. The van der Waals surface area contributed by atoms with Crippen LogP contribution in [-0.4, -0.2) is 16.6 Å². The first-order valence-electron chi connectivity index (χ1n) is 7.87. The van der Waals surface area contributed by atoms with E-state index >= 15 is 0 Å². The summed E-state index contributed by atoms with van der Waals surface area (Å²) in [6, 6.07) is 0. The summed E-state index contributed by atoms with van der Waals surface area (Å²) >= 11 is 8.61. The van der Waals surface area contributed by atoms with Crippen LogP contribution in [0.3, 0.4) is 0 Å². The van der Waals surface area contributed by atoms with Crippen molar-refractivity contribution in [3.8, 4) is 0 Å². The summed E-state index contributed by atoms with van der Waals surface area (Å²) in [7, 11) is 0. The fourth-order valence-corrected chi connectivity index (χ4v) is 4.07. The number of rotatable bonds is 4. The van der Waals surface area contributed by atoms with Gasteiger partial charge in [-0.2, -0.15) is 0 Å². The van der Waals surface area contributed by atoms with E-state index in [0.29, 0.717) is 17.7 Å². The molecule has 0 saturated heterocycles. The molecule has 1 saturated carbocycles. The molecule has 1 aliphatic carbocycles. The molecule has 1 aliphatic rings. The van der Waals surface area contributed by atoms with E-state index in [1.807, 2.05) is 6.92 Å². The summed E-state index contributed by atoms with van der Waals surface area (Å²) in [6.07, 6.45) is 6.87. The van der Waals surface area contributed by atoms with Gasteiger partial charge in [-0.3, -0.25) is 0 Å². The third-order valence-corrected chi connectivity index (χ3v) is 5.78. The Morgan fingerprint density at radius 1 is 1.19 bits per heavy atom. The highest BCUT2D eigenvalue weighted by Gasteiger charge is 2.37. The Balaban J connectivity index is 2.49. The van der Waals surface area contributed by atoms with Crippen molar-refractivity contribution in [3.63, 3.8) is 0 Å². The average Bonchev–Trinajstić information content (AvgIpc) is 2.68. The van der Waals surface area contributed by atoms with E-state index in [1.165, 1.54) is 25.7 Å². The minimum atomic E-state index is -0.344. The summed E-state index contributed by atoms with van der Waals surface area (Å²) in [5.74, 6) is 1.13. The van der Waals surface area contributed by atoms with E-state index in [2.05, 4.69) is 41.4 Å². The number of nitrogens with zero attached hydrogens (tertiary/aromatic N) is 2. The van der Waals surface area contributed by atoms with Gasteiger partial charge in [0.25, 0.3) is 0 Å². The molecule has 0 N–H and O–H groups in total. The molecule has 0 unspecified atom stereocenters. The topological polar surface area (TPSA) is 35.0 Å². The van der Waals surface area contributed by atoms with Gasteiger partial charge in [0.15, 0.2) is 5.82 Å². The van der Waals surface area contributed by atoms with Crippen LogP contribution in [0.25, 0.3) is 0 Å². The molecule has 0 aliphatic heterocycles. The van der Waals surface area contributed by atoms with Crippen molar-refractivity contribution in [1.82, 2.24) is 9.97 Å². The highest BCUT2D eigenvalue weighted by Crippen LogP contribution is 2.39. The van der Waals surface area contributed by atoms with Gasteiger partial charge in [-0.05, 0) is 48.3 Å². The molecule has 21 heavy (non-hydrogen) atoms. The van der Waals surface area contributed by atoms with Crippen LogP contribution >= 0.6 is 34.2 Å². The number of halogens is 2. The molecule has 0 atom stereocenters. The van der Waals surface area contributed by atoms with Crippen molar-refractivity contribution in [2.75, 3.05) is 6.61 Å². The maximum absolute atomic E-state index is 6.37. The van der Waals surface area contributed by atoms with Crippen LogP contribution in [0.5, 0.6) is 0 Å². The number of aromatic nitrogens is 2. The maximum Gasteiger partial charge on any atom is 0.162 e. The molecule has 0 radical (unpaired) electrons. The van der Waals surface area contributed by atoms with Crippen LogP contribution in [0.2, 0.25) is 5.15 Å². The molecule has 2 rings (SSSR count). The Hall–Kier alpha value is 0.0600. The van der Waals surface area contributed by atoms with Crippen molar-refractivity contribution in [2.24, 2.45) is 0 Å². The van der Waals surface area contributed by atoms with Gasteiger partial charge in [0.1, 0.15) is 10.8 Å².